The molecule has 0 radical (unpaired) electrons. The molecule has 1 atom stereocenters. The zero-order valence-electron chi connectivity index (χ0n) is 11.5. The van der Waals surface area contributed by atoms with Gasteiger partial charge in [0.25, 0.3) is 0 Å². The standard InChI is InChI=1S/C14H19Cl2N3/c1-10(15)14-17-12-7-4-6-11(16)13(12)19(14)9-5-8-18(2)3/h4,6-7,10H,5,8-9H2,1-3H3. The number of benzene rings is 1. The van der Waals surface area contributed by atoms with Gasteiger partial charge in [0.2, 0.25) is 0 Å². The van der Waals surface area contributed by atoms with Crippen molar-refractivity contribution >= 4 is 34.2 Å². The number of hydrogen-bond donors (Lipinski definition) is 0. The highest BCUT2D eigenvalue weighted by Crippen LogP contribution is 2.29. The van der Waals surface area contributed by atoms with Gasteiger partial charge in [-0.2, -0.15) is 0 Å². The van der Waals surface area contributed by atoms with Crippen LogP contribution in [-0.2, 0) is 6.54 Å². The maximum absolute atomic E-state index is 6.31. The third-order valence-corrected chi connectivity index (χ3v) is 3.59. The number of rotatable bonds is 5. The van der Waals surface area contributed by atoms with Crippen LogP contribution in [0.15, 0.2) is 18.2 Å². The van der Waals surface area contributed by atoms with Crippen LogP contribution in [0.25, 0.3) is 11.0 Å². The van der Waals surface area contributed by atoms with Gasteiger partial charge in [-0.1, -0.05) is 17.7 Å². The molecular formula is C14H19Cl2N3. The molecule has 0 aliphatic carbocycles. The van der Waals surface area contributed by atoms with E-state index >= 15 is 0 Å². The fourth-order valence-corrected chi connectivity index (χ4v) is 2.67. The van der Waals surface area contributed by atoms with E-state index in [9.17, 15) is 0 Å². The summed E-state index contributed by atoms with van der Waals surface area (Å²) in [7, 11) is 4.15. The molecule has 104 valence electrons. The van der Waals surface area contributed by atoms with Gasteiger partial charge in [0.05, 0.1) is 21.4 Å². The van der Waals surface area contributed by atoms with Crippen LogP contribution in [0, 0.1) is 0 Å². The van der Waals surface area contributed by atoms with E-state index < -0.39 is 0 Å². The maximum Gasteiger partial charge on any atom is 0.127 e. The van der Waals surface area contributed by atoms with E-state index in [2.05, 4.69) is 28.5 Å². The first-order chi connectivity index (χ1) is 9.00. The Morgan fingerprint density at radius 2 is 2.11 bits per heavy atom. The molecule has 1 aromatic carbocycles. The Kier molecular flexibility index (Phi) is 4.71. The number of aryl methyl sites for hydroxylation is 1. The SMILES string of the molecule is CC(Cl)c1nc2cccc(Cl)c2n1CCCN(C)C. The molecule has 1 aromatic heterocycles. The lowest BCUT2D eigenvalue weighted by molar-refractivity contribution is 0.386. The molecule has 19 heavy (non-hydrogen) atoms. The van der Waals surface area contributed by atoms with E-state index in [-0.39, 0.29) is 5.38 Å². The van der Waals surface area contributed by atoms with Crippen molar-refractivity contribution in [1.82, 2.24) is 14.5 Å². The molecule has 0 saturated carbocycles. The molecule has 0 spiro atoms. The fraction of sp³-hybridized carbons (Fsp3) is 0.500. The molecule has 0 bridgehead atoms. The predicted molar refractivity (Wildman–Crippen MR) is 82.2 cm³/mol. The molecule has 5 heteroatoms. The molecule has 2 aromatic rings. The van der Waals surface area contributed by atoms with E-state index in [1.54, 1.807) is 0 Å². The van der Waals surface area contributed by atoms with Gasteiger partial charge in [0, 0.05) is 6.54 Å². The minimum atomic E-state index is -0.122. The molecule has 2 rings (SSSR count). The Balaban J connectivity index is 2.40. The van der Waals surface area contributed by atoms with Crippen LogP contribution < -0.4 is 0 Å². The highest BCUT2D eigenvalue weighted by Gasteiger charge is 2.16. The van der Waals surface area contributed by atoms with Crippen LogP contribution in [0.2, 0.25) is 5.02 Å². The van der Waals surface area contributed by atoms with Crippen molar-refractivity contribution in [3.8, 4) is 0 Å². The fourth-order valence-electron chi connectivity index (χ4n) is 2.23. The van der Waals surface area contributed by atoms with E-state index in [1.807, 2.05) is 25.1 Å². The van der Waals surface area contributed by atoms with Crippen molar-refractivity contribution in [1.29, 1.82) is 0 Å². The Morgan fingerprint density at radius 3 is 2.74 bits per heavy atom. The lowest BCUT2D eigenvalue weighted by atomic mass is 10.3. The summed E-state index contributed by atoms with van der Waals surface area (Å²) < 4.78 is 2.15. The number of hydrogen-bond acceptors (Lipinski definition) is 2. The number of aromatic nitrogens is 2. The molecule has 0 aliphatic rings. The van der Waals surface area contributed by atoms with Crippen LogP contribution in [0.4, 0.5) is 0 Å². The first-order valence-electron chi connectivity index (χ1n) is 6.44. The minimum absolute atomic E-state index is 0.122. The second-order valence-corrected chi connectivity index (χ2v) is 6.06. The first-order valence-corrected chi connectivity index (χ1v) is 7.25. The van der Waals surface area contributed by atoms with E-state index in [4.69, 9.17) is 23.2 Å². The summed E-state index contributed by atoms with van der Waals surface area (Å²) in [4.78, 5) is 6.77. The molecule has 0 fully saturated rings. The van der Waals surface area contributed by atoms with Gasteiger partial charge in [0.1, 0.15) is 5.82 Å². The van der Waals surface area contributed by atoms with Crippen LogP contribution in [0.3, 0.4) is 0 Å². The monoisotopic (exact) mass is 299 g/mol. The molecular weight excluding hydrogens is 281 g/mol. The highest BCUT2D eigenvalue weighted by atomic mass is 35.5. The summed E-state index contributed by atoms with van der Waals surface area (Å²) in [6, 6.07) is 5.80. The van der Waals surface area contributed by atoms with Crippen LogP contribution in [-0.4, -0.2) is 35.1 Å². The van der Waals surface area contributed by atoms with Crippen molar-refractivity contribution in [3.63, 3.8) is 0 Å². The zero-order chi connectivity index (χ0) is 14.0. The summed E-state index contributed by atoms with van der Waals surface area (Å²) >= 11 is 12.5. The Labute approximate surface area is 124 Å². The summed E-state index contributed by atoms with van der Waals surface area (Å²) in [5.41, 5.74) is 1.91. The number of para-hydroxylation sites is 1. The van der Waals surface area contributed by atoms with Crippen molar-refractivity contribution in [2.45, 2.75) is 25.3 Å². The normalized spacial score (nSPS) is 13.4. The third kappa shape index (κ3) is 3.22. The van der Waals surface area contributed by atoms with Crippen LogP contribution >= 0.6 is 23.2 Å². The zero-order valence-corrected chi connectivity index (χ0v) is 13.0. The summed E-state index contributed by atoms with van der Waals surface area (Å²) in [5, 5.41) is 0.612. The van der Waals surface area contributed by atoms with Gasteiger partial charge in [-0.3, -0.25) is 0 Å². The summed E-state index contributed by atoms with van der Waals surface area (Å²) in [6.07, 6.45) is 1.04. The van der Waals surface area contributed by atoms with Gasteiger partial charge < -0.3 is 9.47 Å². The predicted octanol–water partition coefficient (Wildman–Crippen LogP) is 3.94. The van der Waals surface area contributed by atoms with Crippen molar-refractivity contribution < 1.29 is 0 Å². The maximum atomic E-state index is 6.31. The average molecular weight is 300 g/mol. The Morgan fingerprint density at radius 1 is 1.37 bits per heavy atom. The molecule has 3 nitrogen and oxygen atoms in total. The van der Waals surface area contributed by atoms with Crippen molar-refractivity contribution in [2.24, 2.45) is 0 Å². The lowest BCUT2D eigenvalue weighted by Gasteiger charge is -2.13. The molecule has 1 unspecified atom stereocenters. The number of halogens is 2. The Bertz CT molecular complexity index is 561. The Hall–Kier alpha value is -0.770. The van der Waals surface area contributed by atoms with Crippen LogP contribution in [0.5, 0.6) is 0 Å². The largest absolute Gasteiger partial charge is 0.325 e. The second kappa shape index (κ2) is 6.12. The number of fused-ring (bicyclic) bond motifs is 1. The number of nitrogens with zero attached hydrogens (tertiary/aromatic N) is 3. The molecule has 0 aliphatic heterocycles. The molecule has 0 saturated heterocycles. The van der Waals surface area contributed by atoms with Gasteiger partial charge >= 0.3 is 0 Å². The molecule has 0 N–H and O–H groups in total. The lowest BCUT2D eigenvalue weighted by Crippen LogP contribution is -2.16. The van der Waals surface area contributed by atoms with Gasteiger partial charge in [-0.05, 0) is 46.1 Å². The highest BCUT2D eigenvalue weighted by molar-refractivity contribution is 6.35. The summed E-state index contributed by atoms with van der Waals surface area (Å²) in [6.45, 7) is 3.85. The van der Waals surface area contributed by atoms with Crippen LogP contribution in [0.1, 0.15) is 24.5 Å². The van der Waals surface area contributed by atoms with Gasteiger partial charge in [-0.15, -0.1) is 11.6 Å². The molecule has 1 heterocycles. The third-order valence-electron chi connectivity index (χ3n) is 3.09. The van der Waals surface area contributed by atoms with Gasteiger partial charge in [-0.25, -0.2) is 4.98 Å². The smallest absolute Gasteiger partial charge is 0.127 e. The minimum Gasteiger partial charge on any atom is -0.325 e. The van der Waals surface area contributed by atoms with Crippen molar-refractivity contribution in [3.05, 3.63) is 29.0 Å². The summed E-state index contributed by atoms with van der Waals surface area (Å²) in [5.74, 6) is 0.892. The van der Waals surface area contributed by atoms with Crippen molar-refractivity contribution in [2.75, 3.05) is 20.6 Å². The van der Waals surface area contributed by atoms with Gasteiger partial charge in [0.15, 0.2) is 0 Å². The molecule has 0 amide bonds. The van der Waals surface area contributed by atoms with E-state index in [1.165, 1.54) is 0 Å². The second-order valence-electron chi connectivity index (χ2n) is 5.00. The number of alkyl halides is 1. The van der Waals surface area contributed by atoms with E-state index in [0.717, 1.165) is 41.4 Å². The first kappa shape index (κ1) is 14.6. The average Bonchev–Trinajstić information content (AvgIpc) is 2.69. The topological polar surface area (TPSA) is 21.1 Å². The van der Waals surface area contributed by atoms with E-state index in [0.29, 0.717) is 0 Å². The number of imidazole rings is 1. The quantitative estimate of drug-likeness (QED) is 0.780.